The van der Waals surface area contributed by atoms with Crippen LogP contribution in [0.15, 0.2) is 23.1 Å². The number of nitrogen functional groups attached to an aromatic ring is 1. The Morgan fingerprint density at radius 1 is 1.44 bits per heavy atom. The summed E-state index contributed by atoms with van der Waals surface area (Å²) < 4.78 is 28.5. The van der Waals surface area contributed by atoms with E-state index in [9.17, 15) is 8.42 Å². The second kappa shape index (κ2) is 4.75. The van der Waals surface area contributed by atoms with Gasteiger partial charge >= 0.3 is 0 Å². The third kappa shape index (κ3) is 2.58. The number of anilines is 2. The standard InChI is InChI=1S/C11H17N3O3S/c1-8-7-17-5-4-14(8)10-6-9(12)2-3-11(10)18(13,15)16/h2-3,6,8H,4-5,7,12H2,1H3,(H2,13,15,16). The molecule has 1 saturated heterocycles. The molecule has 100 valence electrons. The molecule has 2 rings (SSSR count). The Labute approximate surface area is 107 Å². The predicted molar refractivity (Wildman–Crippen MR) is 69.9 cm³/mol. The minimum atomic E-state index is -3.76. The SMILES string of the molecule is CC1COCCN1c1cc(N)ccc1S(N)(=O)=O. The van der Waals surface area contributed by atoms with Crippen molar-refractivity contribution >= 4 is 21.4 Å². The first kappa shape index (κ1) is 13.1. The van der Waals surface area contributed by atoms with E-state index in [4.69, 9.17) is 15.6 Å². The van der Waals surface area contributed by atoms with Gasteiger partial charge in [0.1, 0.15) is 4.90 Å². The third-order valence-electron chi connectivity index (χ3n) is 2.97. The Balaban J connectivity index is 2.51. The molecule has 6 nitrogen and oxygen atoms in total. The van der Waals surface area contributed by atoms with Crippen molar-refractivity contribution in [3.63, 3.8) is 0 Å². The summed E-state index contributed by atoms with van der Waals surface area (Å²) in [7, 11) is -3.76. The molecule has 1 heterocycles. The second-order valence-corrected chi connectivity index (χ2v) is 5.92. The molecule has 0 aliphatic carbocycles. The van der Waals surface area contributed by atoms with Gasteiger partial charge in [-0.2, -0.15) is 0 Å². The van der Waals surface area contributed by atoms with Crippen LogP contribution in [0, 0.1) is 0 Å². The summed E-state index contributed by atoms with van der Waals surface area (Å²) in [6, 6.07) is 4.71. The van der Waals surface area contributed by atoms with Gasteiger partial charge in [0.2, 0.25) is 10.0 Å². The maximum absolute atomic E-state index is 11.6. The zero-order valence-corrected chi connectivity index (χ0v) is 11.0. The van der Waals surface area contributed by atoms with E-state index in [0.29, 0.717) is 31.1 Å². The summed E-state index contributed by atoms with van der Waals surface area (Å²) >= 11 is 0. The van der Waals surface area contributed by atoms with Crippen LogP contribution < -0.4 is 15.8 Å². The Bertz CT molecular complexity index is 544. The van der Waals surface area contributed by atoms with Gasteiger partial charge in [0, 0.05) is 18.3 Å². The first-order valence-corrected chi connectivity index (χ1v) is 7.21. The van der Waals surface area contributed by atoms with Crippen LogP contribution in [0.1, 0.15) is 6.92 Å². The lowest BCUT2D eigenvalue weighted by Gasteiger charge is -2.36. The molecule has 1 aromatic rings. The van der Waals surface area contributed by atoms with Crippen molar-refractivity contribution in [3.05, 3.63) is 18.2 Å². The van der Waals surface area contributed by atoms with Crippen molar-refractivity contribution < 1.29 is 13.2 Å². The minimum absolute atomic E-state index is 0.0843. The molecule has 0 aromatic heterocycles. The molecule has 0 spiro atoms. The number of sulfonamides is 1. The highest BCUT2D eigenvalue weighted by Gasteiger charge is 2.25. The van der Waals surface area contributed by atoms with Crippen LogP contribution in [0.25, 0.3) is 0 Å². The number of nitrogens with two attached hydrogens (primary N) is 2. The largest absolute Gasteiger partial charge is 0.399 e. The molecule has 4 N–H and O–H groups in total. The average molecular weight is 271 g/mol. The van der Waals surface area contributed by atoms with E-state index in [2.05, 4.69) is 0 Å². The quantitative estimate of drug-likeness (QED) is 0.746. The number of nitrogens with zero attached hydrogens (tertiary/aromatic N) is 1. The number of hydrogen-bond acceptors (Lipinski definition) is 5. The van der Waals surface area contributed by atoms with Gasteiger partial charge < -0.3 is 15.4 Å². The van der Waals surface area contributed by atoms with Gasteiger partial charge in [-0.1, -0.05) is 0 Å². The summed E-state index contributed by atoms with van der Waals surface area (Å²) in [5, 5.41) is 5.23. The maximum Gasteiger partial charge on any atom is 0.240 e. The van der Waals surface area contributed by atoms with E-state index >= 15 is 0 Å². The topological polar surface area (TPSA) is 98.7 Å². The number of rotatable bonds is 2. The van der Waals surface area contributed by atoms with E-state index in [1.54, 1.807) is 6.07 Å². The molecule has 18 heavy (non-hydrogen) atoms. The highest BCUT2D eigenvalue weighted by molar-refractivity contribution is 7.89. The lowest BCUT2D eigenvalue weighted by Crippen LogP contribution is -2.44. The van der Waals surface area contributed by atoms with Crippen LogP contribution in [0.2, 0.25) is 0 Å². The van der Waals surface area contributed by atoms with Crippen LogP contribution in [-0.2, 0) is 14.8 Å². The van der Waals surface area contributed by atoms with Crippen molar-refractivity contribution in [1.82, 2.24) is 0 Å². The second-order valence-electron chi connectivity index (χ2n) is 4.39. The molecule has 0 amide bonds. The fourth-order valence-corrected chi connectivity index (χ4v) is 2.81. The summed E-state index contributed by atoms with van der Waals surface area (Å²) in [5.41, 5.74) is 6.79. The van der Waals surface area contributed by atoms with Gasteiger partial charge in [-0.25, -0.2) is 13.6 Å². The summed E-state index contributed by atoms with van der Waals surface area (Å²) in [5.74, 6) is 0. The van der Waals surface area contributed by atoms with Crippen LogP contribution in [0.3, 0.4) is 0 Å². The molecule has 1 aromatic carbocycles. The van der Waals surface area contributed by atoms with E-state index in [1.807, 2.05) is 11.8 Å². The number of hydrogen-bond donors (Lipinski definition) is 2. The van der Waals surface area contributed by atoms with Gasteiger partial charge in [-0.05, 0) is 25.1 Å². The molecule has 0 radical (unpaired) electrons. The Hall–Kier alpha value is -1.31. The van der Waals surface area contributed by atoms with Crippen LogP contribution >= 0.6 is 0 Å². The molecular weight excluding hydrogens is 254 g/mol. The zero-order chi connectivity index (χ0) is 13.3. The molecule has 0 bridgehead atoms. The van der Waals surface area contributed by atoms with E-state index in [-0.39, 0.29) is 10.9 Å². The van der Waals surface area contributed by atoms with E-state index in [0.717, 1.165) is 0 Å². The molecule has 1 aliphatic heterocycles. The van der Waals surface area contributed by atoms with Crippen molar-refractivity contribution in [3.8, 4) is 0 Å². The van der Waals surface area contributed by atoms with Crippen LogP contribution in [0.5, 0.6) is 0 Å². The average Bonchev–Trinajstić information content (AvgIpc) is 2.27. The highest BCUT2D eigenvalue weighted by atomic mass is 32.2. The summed E-state index contributed by atoms with van der Waals surface area (Å²) in [4.78, 5) is 2.06. The van der Waals surface area contributed by atoms with Gasteiger partial charge in [0.05, 0.1) is 18.9 Å². The van der Waals surface area contributed by atoms with E-state index < -0.39 is 10.0 Å². The van der Waals surface area contributed by atoms with E-state index in [1.165, 1.54) is 12.1 Å². The number of primary sulfonamides is 1. The maximum atomic E-state index is 11.6. The number of benzene rings is 1. The van der Waals surface area contributed by atoms with Crippen LogP contribution in [-0.4, -0.2) is 34.2 Å². The number of morpholine rings is 1. The molecule has 7 heteroatoms. The molecule has 1 atom stereocenters. The molecule has 1 unspecified atom stereocenters. The molecule has 1 fully saturated rings. The highest BCUT2D eigenvalue weighted by Crippen LogP contribution is 2.29. The molecule has 1 aliphatic rings. The van der Waals surface area contributed by atoms with Gasteiger partial charge in [0.25, 0.3) is 0 Å². The summed E-state index contributed by atoms with van der Waals surface area (Å²) in [6.07, 6.45) is 0. The van der Waals surface area contributed by atoms with Crippen molar-refractivity contribution in [2.24, 2.45) is 5.14 Å². The lowest BCUT2D eigenvalue weighted by atomic mass is 10.2. The third-order valence-corrected chi connectivity index (χ3v) is 3.92. The monoisotopic (exact) mass is 271 g/mol. The Kier molecular flexibility index (Phi) is 3.47. The molecule has 0 saturated carbocycles. The van der Waals surface area contributed by atoms with Gasteiger partial charge in [-0.15, -0.1) is 0 Å². The Morgan fingerprint density at radius 3 is 2.78 bits per heavy atom. The smallest absolute Gasteiger partial charge is 0.240 e. The summed E-state index contributed by atoms with van der Waals surface area (Å²) in [6.45, 7) is 3.70. The normalized spacial score (nSPS) is 21.0. The van der Waals surface area contributed by atoms with Crippen LogP contribution in [0.4, 0.5) is 11.4 Å². The van der Waals surface area contributed by atoms with Gasteiger partial charge in [0.15, 0.2) is 0 Å². The fourth-order valence-electron chi connectivity index (χ4n) is 2.08. The first-order chi connectivity index (χ1) is 8.39. The van der Waals surface area contributed by atoms with Crippen molar-refractivity contribution in [1.29, 1.82) is 0 Å². The minimum Gasteiger partial charge on any atom is -0.399 e. The predicted octanol–water partition coefficient (Wildman–Crippen LogP) is 0.141. The van der Waals surface area contributed by atoms with Crippen molar-refractivity contribution in [2.75, 3.05) is 30.4 Å². The van der Waals surface area contributed by atoms with Gasteiger partial charge in [-0.3, -0.25) is 0 Å². The lowest BCUT2D eigenvalue weighted by molar-refractivity contribution is 0.0987. The fraction of sp³-hybridized carbons (Fsp3) is 0.455. The molecular formula is C11H17N3O3S. The Morgan fingerprint density at radius 2 is 2.17 bits per heavy atom. The zero-order valence-electron chi connectivity index (χ0n) is 10.2. The first-order valence-electron chi connectivity index (χ1n) is 5.66. The number of ether oxygens (including phenoxy) is 1. The van der Waals surface area contributed by atoms with Crippen molar-refractivity contribution in [2.45, 2.75) is 17.9 Å².